The molecule has 0 spiro atoms. The molecule has 0 saturated heterocycles. The molecule has 2 N–H and O–H groups in total. The van der Waals surface area contributed by atoms with Gasteiger partial charge in [-0.15, -0.1) is 6.42 Å². The Hall–Kier alpha value is -0.520. The van der Waals surface area contributed by atoms with Crippen molar-refractivity contribution in [2.75, 3.05) is 26.2 Å². The lowest BCUT2D eigenvalue weighted by Gasteiger charge is -2.24. The van der Waals surface area contributed by atoms with Crippen LogP contribution < -0.4 is 5.73 Å². The third-order valence-corrected chi connectivity index (χ3v) is 2.40. The highest BCUT2D eigenvalue weighted by Crippen LogP contribution is 2.07. The lowest BCUT2D eigenvalue weighted by atomic mass is 10.0. The van der Waals surface area contributed by atoms with Gasteiger partial charge in [0.25, 0.3) is 0 Å². The first-order valence-corrected chi connectivity index (χ1v) is 5.64. The van der Waals surface area contributed by atoms with Crippen LogP contribution in [-0.2, 0) is 0 Å². The Kier molecular flexibility index (Phi) is 8.72. The molecule has 0 aliphatic rings. The van der Waals surface area contributed by atoms with Crippen molar-refractivity contribution >= 4 is 0 Å². The summed E-state index contributed by atoms with van der Waals surface area (Å²) in [6, 6.07) is 0. The van der Waals surface area contributed by atoms with E-state index in [1.165, 1.54) is 12.8 Å². The lowest BCUT2D eigenvalue weighted by molar-refractivity contribution is 0.250. The maximum absolute atomic E-state index is 5.72. The summed E-state index contributed by atoms with van der Waals surface area (Å²) in [4.78, 5) is 2.33. The minimum atomic E-state index is 0.611. The first-order valence-electron chi connectivity index (χ1n) is 5.64. The van der Waals surface area contributed by atoms with Gasteiger partial charge in [-0.3, -0.25) is 4.90 Å². The molecule has 14 heavy (non-hydrogen) atoms. The Morgan fingerprint density at radius 3 is 2.50 bits per heavy atom. The maximum Gasteiger partial charge on any atom is 0.0599 e. The van der Waals surface area contributed by atoms with Crippen LogP contribution in [0.15, 0.2) is 0 Å². The molecule has 0 saturated carbocycles. The minimum Gasteiger partial charge on any atom is -0.330 e. The molecule has 1 atom stereocenters. The minimum absolute atomic E-state index is 0.611. The van der Waals surface area contributed by atoms with Crippen molar-refractivity contribution in [3.05, 3.63) is 0 Å². The largest absolute Gasteiger partial charge is 0.330 e. The topological polar surface area (TPSA) is 29.3 Å². The molecule has 2 heteroatoms. The molecule has 0 aliphatic heterocycles. The molecule has 2 nitrogen and oxygen atoms in total. The van der Waals surface area contributed by atoms with Gasteiger partial charge in [0.2, 0.25) is 0 Å². The molecule has 0 aliphatic carbocycles. The monoisotopic (exact) mass is 196 g/mol. The fraction of sp³-hybridized carbons (Fsp3) is 0.833. The van der Waals surface area contributed by atoms with Crippen molar-refractivity contribution in [3.63, 3.8) is 0 Å². The van der Waals surface area contributed by atoms with Crippen LogP contribution in [0.3, 0.4) is 0 Å². The van der Waals surface area contributed by atoms with E-state index in [0.29, 0.717) is 5.92 Å². The van der Waals surface area contributed by atoms with Crippen LogP contribution in [0, 0.1) is 18.3 Å². The first-order chi connectivity index (χ1) is 6.78. The summed E-state index contributed by atoms with van der Waals surface area (Å²) in [5.41, 5.74) is 5.72. The molecule has 0 aromatic heterocycles. The van der Waals surface area contributed by atoms with Crippen LogP contribution in [0.4, 0.5) is 0 Å². The standard InChI is InChI=1S/C12H24N2/c1-4-7-12(10-13)11-14(8-5-2)9-6-3/h2,12H,4,6-11,13H2,1,3H3. The molecule has 0 rings (SSSR count). The third kappa shape index (κ3) is 6.01. The number of hydrogen-bond acceptors (Lipinski definition) is 2. The summed E-state index contributed by atoms with van der Waals surface area (Å²) in [6.45, 7) is 8.06. The van der Waals surface area contributed by atoms with Gasteiger partial charge in [0.05, 0.1) is 6.54 Å². The zero-order valence-electron chi connectivity index (χ0n) is 9.63. The molecule has 0 amide bonds. The van der Waals surface area contributed by atoms with Gasteiger partial charge in [-0.2, -0.15) is 0 Å². The quantitative estimate of drug-likeness (QED) is 0.599. The summed E-state index contributed by atoms with van der Waals surface area (Å²) in [7, 11) is 0. The molecule has 0 heterocycles. The number of hydrogen-bond donors (Lipinski definition) is 1. The van der Waals surface area contributed by atoms with E-state index in [4.69, 9.17) is 12.2 Å². The second-order valence-electron chi connectivity index (χ2n) is 3.83. The van der Waals surface area contributed by atoms with Gasteiger partial charge in [-0.25, -0.2) is 0 Å². The summed E-state index contributed by atoms with van der Waals surface area (Å²) in [5, 5.41) is 0. The van der Waals surface area contributed by atoms with Crippen molar-refractivity contribution in [2.24, 2.45) is 11.7 Å². The van der Waals surface area contributed by atoms with Gasteiger partial charge in [0, 0.05) is 6.54 Å². The predicted molar refractivity (Wildman–Crippen MR) is 63.0 cm³/mol. The Morgan fingerprint density at radius 2 is 2.07 bits per heavy atom. The molecule has 0 aromatic rings. The second kappa shape index (κ2) is 9.05. The SMILES string of the molecule is C#CCN(CCC)CC(CN)CCC. The van der Waals surface area contributed by atoms with E-state index in [0.717, 1.165) is 32.6 Å². The smallest absolute Gasteiger partial charge is 0.0599 e. The van der Waals surface area contributed by atoms with Crippen LogP contribution in [0.2, 0.25) is 0 Å². The predicted octanol–water partition coefficient (Wildman–Crippen LogP) is 1.71. The van der Waals surface area contributed by atoms with Crippen LogP contribution >= 0.6 is 0 Å². The summed E-state index contributed by atoms with van der Waals surface area (Å²) >= 11 is 0. The summed E-state index contributed by atoms with van der Waals surface area (Å²) in [6.07, 6.45) is 8.90. The van der Waals surface area contributed by atoms with Gasteiger partial charge >= 0.3 is 0 Å². The van der Waals surface area contributed by atoms with E-state index in [1.807, 2.05) is 0 Å². The molecule has 1 unspecified atom stereocenters. The van der Waals surface area contributed by atoms with Gasteiger partial charge in [0.15, 0.2) is 0 Å². The van der Waals surface area contributed by atoms with E-state index >= 15 is 0 Å². The molecule has 0 bridgehead atoms. The molecule has 82 valence electrons. The number of terminal acetylenes is 1. The van der Waals surface area contributed by atoms with E-state index in [1.54, 1.807) is 0 Å². The summed E-state index contributed by atoms with van der Waals surface area (Å²) in [5.74, 6) is 3.32. The van der Waals surface area contributed by atoms with Crippen molar-refractivity contribution in [2.45, 2.75) is 33.1 Å². The second-order valence-corrected chi connectivity index (χ2v) is 3.83. The fourth-order valence-electron chi connectivity index (χ4n) is 1.74. The van der Waals surface area contributed by atoms with Gasteiger partial charge in [-0.1, -0.05) is 26.2 Å². The number of rotatable bonds is 8. The number of nitrogens with zero attached hydrogens (tertiary/aromatic N) is 1. The number of nitrogens with two attached hydrogens (primary N) is 1. The van der Waals surface area contributed by atoms with E-state index < -0.39 is 0 Å². The molecular formula is C12H24N2. The van der Waals surface area contributed by atoms with Crippen LogP contribution in [-0.4, -0.2) is 31.1 Å². The van der Waals surface area contributed by atoms with E-state index in [2.05, 4.69) is 24.7 Å². The Bertz CT molecular complexity index is 160. The van der Waals surface area contributed by atoms with Crippen LogP contribution in [0.5, 0.6) is 0 Å². The van der Waals surface area contributed by atoms with Crippen molar-refractivity contribution in [3.8, 4) is 12.3 Å². The first kappa shape index (κ1) is 13.5. The average molecular weight is 196 g/mol. The highest BCUT2D eigenvalue weighted by atomic mass is 15.1. The van der Waals surface area contributed by atoms with E-state index in [9.17, 15) is 0 Å². The maximum atomic E-state index is 5.72. The van der Waals surface area contributed by atoms with Gasteiger partial charge in [-0.05, 0) is 31.8 Å². The van der Waals surface area contributed by atoms with Gasteiger partial charge in [0.1, 0.15) is 0 Å². The Morgan fingerprint density at radius 1 is 1.36 bits per heavy atom. The summed E-state index contributed by atoms with van der Waals surface area (Å²) < 4.78 is 0. The Balaban J connectivity index is 3.91. The lowest BCUT2D eigenvalue weighted by Crippen LogP contribution is -2.33. The Labute approximate surface area is 88.9 Å². The van der Waals surface area contributed by atoms with Crippen LogP contribution in [0.1, 0.15) is 33.1 Å². The van der Waals surface area contributed by atoms with Crippen molar-refractivity contribution in [1.29, 1.82) is 0 Å². The fourth-order valence-corrected chi connectivity index (χ4v) is 1.74. The third-order valence-electron chi connectivity index (χ3n) is 2.40. The van der Waals surface area contributed by atoms with Gasteiger partial charge < -0.3 is 5.73 Å². The molecular weight excluding hydrogens is 172 g/mol. The molecule has 0 aromatic carbocycles. The van der Waals surface area contributed by atoms with Crippen LogP contribution in [0.25, 0.3) is 0 Å². The molecule has 0 radical (unpaired) electrons. The average Bonchev–Trinajstić information content (AvgIpc) is 2.18. The van der Waals surface area contributed by atoms with Crippen molar-refractivity contribution < 1.29 is 0 Å². The highest BCUT2D eigenvalue weighted by Gasteiger charge is 2.10. The zero-order valence-corrected chi connectivity index (χ0v) is 9.63. The van der Waals surface area contributed by atoms with E-state index in [-0.39, 0.29) is 0 Å². The normalized spacial score (nSPS) is 12.8. The zero-order chi connectivity index (χ0) is 10.8. The molecule has 0 fully saturated rings. The highest BCUT2D eigenvalue weighted by molar-refractivity contribution is 4.88. The van der Waals surface area contributed by atoms with Crippen molar-refractivity contribution in [1.82, 2.24) is 4.90 Å².